The van der Waals surface area contributed by atoms with Crippen molar-refractivity contribution in [1.82, 2.24) is 10.1 Å². The largest absolute Gasteiger partial charge is 0.381 e. The van der Waals surface area contributed by atoms with Crippen LogP contribution in [0.2, 0.25) is 0 Å². The summed E-state index contributed by atoms with van der Waals surface area (Å²) in [5.41, 5.74) is 5.83. The molecule has 1 saturated heterocycles. The van der Waals surface area contributed by atoms with Gasteiger partial charge in [0.25, 0.3) is 0 Å². The van der Waals surface area contributed by atoms with Crippen molar-refractivity contribution in [3.63, 3.8) is 0 Å². The lowest BCUT2D eigenvalue weighted by molar-refractivity contribution is 0.185. The molecule has 2 N–H and O–H groups in total. The Morgan fingerprint density at radius 2 is 2.44 bits per heavy atom. The standard InChI is InChI=1S/C11H19N3O2/c1-2-9(12)6-11-13-10(14-16-11)5-8-3-4-15-7-8/h8-9H,2-7,12H2,1H3. The van der Waals surface area contributed by atoms with Gasteiger partial charge in [-0.2, -0.15) is 4.98 Å². The Balaban J connectivity index is 1.86. The lowest BCUT2D eigenvalue weighted by Gasteiger charge is -2.03. The highest BCUT2D eigenvalue weighted by Gasteiger charge is 2.19. The first kappa shape index (κ1) is 11.5. The van der Waals surface area contributed by atoms with Gasteiger partial charge in [-0.15, -0.1) is 0 Å². The van der Waals surface area contributed by atoms with Crippen LogP contribution in [-0.2, 0) is 17.6 Å². The van der Waals surface area contributed by atoms with Crippen LogP contribution in [0.4, 0.5) is 0 Å². The van der Waals surface area contributed by atoms with Crippen molar-refractivity contribution >= 4 is 0 Å². The number of nitrogens with zero attached hydrogens (tertiary/aromatic N) is 2. The summed E-state index contributed by atoms with van der Waals surface area (Å²) in [6.07, 6.45) is 3.54. The van der Waals surface area contributed by atoms with Crippen LogP contribution in [0.25, 0.3) is 0 Å². The Morgan fingerprint density at radius 3 is 3.12 bits per heavy atom. The van der Waals surface area contributed by atoms with E-state index in [4.69, 9.17) is 15.0 Å². The van der Waals surface area contributed by atoms with Crippen molar-refractivity contribution in [3.8, 4) is 0 Å². The number of aromatic nitrogens is 2. The highest BCUT2D eigenvalue weighted by Crippen LogP contribution is 2.16. The van der Waals surface area contributed by atoms with Crippen LogP contribution in [0.1, 0.15) is 31.5 Å². The Labute approximate surface area is 95.3 Å². The van der Waals surface area contributed by atoms with Gasteiger partial charge in [-0.25, -0.2) is 0 Å². The molecule has 1 aliphatic heterocycles. The van der Waals surface area contributed by atoms with Crippen LogP contribution >= 0.6 is 0 Å². The molecule has 0 aromatic carbocycles. The Kier molecular flexibility index (Phi) is 3.90. The molecule has 5 nitrogen and oxygen atoms in total. The van der Waals surface area contributed by atoms with E-state index in [1.807, 2.05) is 0 Å². The molecule has 0 radical (unpaired) electrons. The van der Waals surface area contributed by atoms with Gasteiger partial charge in [0, 0.05) is 32.1 Å². The minimum atomic E-state index is 0.114. The third kappa shape index (κ3) is 3.02. The van der Waals surface area contributed by atoms with E-state index in [-0.39, 0.29) is 6.04 Å². The minimum absolute atomic E-state index is 0.114. The summed E-state index contributed by atoms with van der Waals surface area (Å²) in [4.78, 5) is 4.35. The molecular formula is C11H19N3O2. The molecule has 5 heteroatoms. The molecule has 90 valence electrons. The van der Waals surface area contributed by atoms with Crippen molar-refractivity contribution < 1.29 is 9.26 Å². The molecule has 0 saturated carbocycles. The zero-order chi connectivity index (χ0) is 11.4. The highest BCUT2D eigenvalue weighted by molar-refractivity contribution is 4.91. The third-order valence-electron chi connectivity index (χ3n) is 2.97. The Bertz CT molecular complexity index is 321. The zero-order valence-corrected chi connectivity index (χ0v) is 9.69. The highest BCUT2D eigenvalue weighted by atomic mass is 16.5. The second kappa shape index (κ2) is 5.41. The van der Waals surface area contributed by atoms with Gasteiger partial charge in [-0.05, 0) is 18.8 Å². The topological polar surface area (TPSA) is 74.2 Å². The summed E-state index contributed by atoms with van der Waals surface area (Å²) >= 11 is 0. The van der Waals surface area contributed by atoms with Crippen LogP contribution in [-0.4, -0.2) is 29.4 Å². The predicted molar refractivity (Wildman–Crippen MR) is 58.9 cm³/mol. The molecule has 16 heavy (non-hydrogen) atoms. The maximum atomic E-state index is 5.83. The number of hydrogen-bond donors (Lipinski definition) is 1. The van der Waals surface area contributed by atoms with Gasteiger partial charge in [0.05, 0.1) is 0 Å². The lowest BCUT2D eigenvalue weighted by atomic mass is 10.1. The number of nitrogens with two attached hydrogens (primary N) is 1. The van der Waals surface area contributed by atoms with Gasteiger partial charge >= 0.3 is 0 Å². The first-order chi connectivity index (χ1) is 7.78. The Morgan fingerprint density at radius 1 is 1.56 bits per heavy atom. The molecule has 1 aromatic heterocycles. The predicted octanol–water partition coefficient (Wildman–Crippen LogP) is 0.928. The second-order valence-corrected chi connectivity index (χ2v) is 4.41. The molecule has 0 bridgehead atoms. The molecule has 1 fully saturated rings. The average Bonchev–Trinajstić information content (AvgIpc) is 2.91. The van der Waals surface area contributed by atoms with Crippen molar-refractivity contribution in [1.29, 1.82) is 0 Å². The van der Waals surface area contributed by atoms with Gasteiger partial charge in [0.2, 0.25) is 5.89 Å². The number of hydrogen-bond acceptors (Lipinski definition) is 5. The molecule has 2 heterocycles. The summed E-state index contributed by atoms with van der Waals surface area (Å²) < 4.78 is 10.5. The fourth-order valence-electron chi connectivity index (χ4n) is 1.83. The first-order valence-corrected chi connectivity index (χ1v) is 5.92. The molecule has 2 unspecified atom stereocenters. The molecule has 1 aliphatic rings. The van der Waals surface area contributed by atoms with E-state index in [1.165, 1.54) is 0 Å². The van der Waals surface area contributed by atoms with Crippen molar-refractivity contribution in [2.24, 2.45) is 11.7 Å². The van der Waals surface area contributed by atoms with Crippen molar-refractivity contribution in [2.75, 3.05) is 13.2 Å². The quantitative estimate of drug-likeness (QED) is 0.806. The van der Waals surface area contributed by atoms with Crippen LogP contribution in [0.15, 0.2) is 4.52 Å². The van der Waals surface area contributed by atoms with Crippen LogP contribution in [0.5, 0.6) is 0 Å². The van der Waals surface area contributed by atoms with Crippen LogP contribution in [0, 0.1) is 5.92 Å². The van der Waals surface area contributed by atoms with Gasteiger partial charge < -0.3 is 15.0 Å². The maximum Gasteiger partial charge on any atom is 0.228 e. The smallest absolute Gasteiger partial charge is 0.228 e. The normalized spacial score (nSPS) is 22.5. The van der Waals surface area contributed by atoms with Crippen LogP contribution in [0.3, 0.4) is 0 Å². The molecule has 0 aliphatic carbocycles. The third-order valence-corrected chi connectivity index (χ3v) is 2.97. The van der Waals surface area contributed by atoms with E-state index < -0.39 is 0 Å². The van der Waals surface area contributed by atoms with E-state index in [0.29, 0.717) is 18.2 Å². The van der Waals surface area contributed by atoms with E-state index in [2.05, 4.69) is 17.1 Å². The van der Waals surface area contributed by atoms with Gasteiger partial charge in [-0.3, -0.25) is 0 Å². The molecule has 0 amide bonds. The average molecular weight is 225 g/mol. The minimum Gasteiger partial charge on any atom is -0.381 e. The molecule has 1 aromatic rings. The van der Waals surface area contributed by atoms with Crippen molar-refractivity contribution in [3.05, 3.63) is 11.7 Å². The summed E-state index contributed by atoms with van der Waals surface area (Å²) in [5, 5.41) is 3.97. The first-order valence-electron chi connectivity index (χ1n) is 5.92. The van der Waals surface area contributed by atoms with Gasteiger partial charge in [-0.1, -0.05) is 12.1 Å². The fourth-order valence-corrected chi connectivity index (χ4v) is 1.83. The lowest BCUT2D eigenvalue weighted by Crippen LogP contribution is -2.21. The SMILES string of the molecule is CCC(N)Cc1nc(CC2CCOC2)no1. The van der Waals surface area contributed by atoms with E-state index in [9.17, 15) is 0 Å². The molecule has 2 rings (SSSR count). The molecular weight excluding hydrogens is 206 g/mol. The maximum absolute atomic E-state index is 5.83. The Hall–Kier alpha value is -0.940. The molecule has 0 spiro atoms. The van der Waals surface area contributed by atoms with Gasteiger partial charge in [0.1, 0.15) is 0 Å². The summed E-state index contributed by atoms with van der Waals surface area (Å²) in [7, 11) is 0. The summed E-state index contributed by atoms with van der Waals surface area (Å²) in [5.74, 6) is 1.99. The zero-order valence-electron chi connectivity index (χ0n) is 9.69. The summed E-state index contributed by atoms with van der Waals surface area (Å²) in [6.45, 7) is 3.73. The van der Waals surface area contributed by atoms with E-state index in [1.54, 1.807) is 0 Å². The number of rotatable bonds is 5. The van der Waals surface area contributed by atoms with E-state index in [0.717, 1.165) is 38.3 Å². The monoisotopic (exact) mass is 225 g/mol. The molecule has 2 atom stereocenters. The fraction of sp³-hybridized carbons (Fsp3) is 0.818. The van der Waals surface area contributed by atoms with E-state index >= 15 is 0 Å². The van der Waals surface area contributed by atoms with Crippen LogP contribution < -0.4 is 5.73 Å². The summed E-state index contributed by atoms with van der Waals surface area (Å²) in [6, 6.07) is 0.114. The van der Waals surface area contributed by atoms with Gasteiger partial charge in [0.15, 0.2) is 5.82 Å². The number of ether oxygens (including phenoxy) is 1. The van der Waals surface area contributed by atoms with Crippen molar-refractivity contribution in [2.45, 2.75) is 38.6 Å². The second-order valence-electron chi connectivity index (χ2n) is 4.41.